The van der Waals surface area contributed by atoms with Crippen molar-refractivity contribution in [2.45, 2.75) is 52.2 Å². The van der Waals surface area contributed by atoms with Crippen molar-refractivity contribution in [3.05, 3.63) is 47.3 Å². The zero-order valence-electron chi connectivity index (χ0n) is 14.6. The summed E-state index contributed by atoms with van der Waals surface area (Å²) in [5.41, 5.74) is 2.13. The molecule has 0 spiro atoms. The van der Waals surface area contributed by atoms with E-state index in [1.54, 1.807) is 12.4 Å². The van der Waals surface area contributed by atoms with Crippen molar-refractivity contribution < 1.29 is 9.59 Å². The number of imidazole rings is 1. The summed E-state index contributed by atoms with van der Waals surface area (Å²) in [6.45, 7) is 4.91. The van der Waals surface area contributed by atoms with Gasteiger partial charge in [-0.05, 0) is 44.7 Å². The van der Waals surface area contributed by atoms with Crippen LogP contribution in [-0.4, -0.2) is 32.4 Å². The van der Waals surface area contributed by atoms with Gasteiger partial charge in [-0.1, -0.05) is 6.07 Å². The van der Waals surface area contributed by atoms with E-state index in [0.717, 1.165) is 37.1 Å². The fourth-order valence-electron chi connectivity index (χ4n) is 2.99. The van der Waals surface area contributed by atoms with E-state index >= 15 is 0 Å². The first-order valence-electron chi connectivity index (χ1n) is 8.63. The number of amides is 2. The number of hydrogen-bond acceptors (Lipinski definition) is 4. The molecular formula is C18H23N5O2. The molecular weight excluding hydrogens is 318 g/mol. The van der Waals surface area contributed by atoms with Crippen molar-refractivity contribution in [3.8, 4) is 0 Å². The van der Waals surface area contributed by atoms with Gasteiger partial charge in [-0.2, -0.15) is 0 Å². The molecule has 0 atom stereocenters. The molecule has 0 saturated carbocycles. The second-order valence-electron chi connectivity index (χ2n) is 6.51. The van der Waals surface area contributed by atoms with Crippen LogP contribution in [0.1, 0.15) is 59.1 Å². The lowest BCUT2D eigenvalue weighted by molar-refractivity contribution is 0.0927. The Balaban J connectivity index is 1.81. The van der Waals surface area contributed by atoms with E-state index in [0.29, 0.717) is 18.1 Å². The molecule has 7 nitrogen and oxygen atoms in total. The number of pyridine rings is 1. The Hall–Kier alpha value is -2.70. The molecule has 2 N–H and O–H groups in total. The molecule has 0 aromatic carbocycles. The number of carbonyl (C=O) groups is 2. The van der Waals surface area contributed by atoms with E-state index in [4.69, 9.17) is 0 Å². The molecule has 0 unspecified atom stereocenters. The maximum atomic E-state index is 12.6. The fraction of sp³-hybridized carbons (Fsp3) is 0.444. The predicted molar refractivity (Wildman–Crippen MR) is 93.2 cm³/mol. The molecule has 2 aromatic rings. The molecule has 7 heteroatoms. The summed E-state index contributed by atoms with van der Waals surface area (Å²) >= 11 is 0. The highest BCUT2D eigenvalue weighted by Gasteiger charge is 2.27. The summed E-state index contributed by atoms with van der Waals surface area (Å²) in [6, 6.07) is 3.75. The first-order chi connectivity index (χ1) is 12.1. The molecule has 3 rings (SSSR count). The quantitative estimate of drug-likeness (QED) is 0.866. The third-order valence-corrected chi connectivity index (χ3v) is 4.13. The van der Waals surface area contributed by atoms with Gasteiger partial charge in [-0.15, -0.1) is 0 Å². The maximum Gasteiger partial charge on any atom is 0.287 e. The van der Waals surface area contributed by atoms with E-state index in [1.165, 1.54) is 0 Å². The van der Waals surface area contributed by atoms with Crippen molar-refractivity contribution in [2.24, 2.45) is 0 Å². The Labute approximate surface area is 146 Å². The lowest BCUT2D eigenvalue weighted by Gasteiger charge is -2.17. The van der Waals surface area contributed by atoms with Crippen molar-refractivity contribution in [1.29, 1.82) is 0 Å². The third-order valence-electron chi connectivity index (χ3n) is 4.13. The molecule has 0 radical (unpaired) electrons. The average Bonchev–Trinajstić information content (AvgIpc) is 3.00. The van der Waals surface area contributed by atoms with E-state index in [9.17, 15) is 9.59 Å². The van der Waals surface area contributed by atoms with Gasteiger partial charge < -0.3 is 15.2 Å². The van der Waals surface area contributed by atoms with Crippen LogP contribution >= 0.6 is 0 Å². The van der Waals surface area contributed by atoms with Crippen LogP contribution in [0.15, 0.2) is 24.5 Å². The highest BCUT2D eigenvalue weighted by atomic mass is 16.2. The molecule has 0 saturated heterocycles. The summed E-state index contributed by atoms with van der Waals surface area (Å²) in [4.78, 5) is 33.4. The molecule has 2 amide bonds. The normalized spacial score (nSPS) is 13.4. The summed E-state index contributed by atoms with van der Waals surface area (Å²) < 4.78 is 1.89. The molecule has 0 bridgehead atoms. The van der Waals surface area contributed by atoms with Gasteiger partial charge >= 0.3 is 0 Å². The predicted octanol–water partition coefficient (Wildman–Crippen LogP) is 1.68. The molecule has 1 aliphatic heterocycles. The van der Waals surface area contributed by atoms with Crippen LogP contribution in [0.5, 0.6) is 0 Å². The number of nitrogens with one attached hydrogen (secondary N) is 2. The number of fused-ring (bicyclic) bond motifs is 1. The Morgan fingerprint density at radius 3 is 2.84 bits per heavy atom. The Kier molecular flexibility index (Phi) is 5.11. The van der Waals surface area contributed by atoms with Gasteiger partial charge in [0, 0.05) is 31.5 Å². The van der Waals surface area contributed by atoms with Crippen molar-refractivity contribution >= 4 is 11.8 Å². The smallest absolute Gasteiger partial charge is 0.287 e. The van der Waals surface area contributed by atoms with Gasteiger partial charge in [0.15, 0.2) is 5.82 Å². The largest absolute Gasteiger partial charge is 0.347 e. The van der Waals surface area contributed by atoms with Crippen LogP contribution in [-0.2, 0) is 19.5 Å². The van der Waals surface area contributed by atoms with Gasteiger partial charge in [0.1, 0.15) is 5.69 Å². The molecule has 2 aromatic heterocycles. The van der Waals surface area contributed by atoms with Crippen LogP contribution in [0.4, 0.5) is 0 Å². The van der Waals surface area contributed by atoms with E-state index in [-0.39, 0.29) is 17.9 Å². The highest BCUT2D eigenvalue weighted by molar-refractivity contribution is 5.97. The van der Waals surface area contributed by atoms with E-state index < -0.39 is 0 Å². The van der Waals surface area contributed by atoms with Crippen LogP contribution in [0, 0.1) is 0 Å². The van der Waals surface area contributed by atoms with Gasteiger partial charge in [-0.25, -0.2) is 4.98 Å². The highest BCUT2D eigenvalue weighted by Crippen LogP contribution is 2.21. The lowest BCUT2D eigenvalue weighted by atomic mass is 10.1. The average molecular weight is 341 g/mol. The van der Waals surface area contributed by atoms with Gasteiger partial charge in [0.25, 0.3) is 11.8 Å². The lowest BCUT2D eigenvalue weighted by Crippen LogP contribution is -2.33. The van der Waals surface area contributed by atoms with Crippen LogP contribution in [0.3, 0.4) is 0 Å². The zero-order chi connectivity index (χ0) is 17.8. The molecule has 0 fully saturated rings. The minimum Gasteiger partial charge on any atom is -0.347 e. The Morgan fingerprint density at radius 1 is 1.28 bits per heavy atom. The van der Waals surface area contributed by atoms with Crippen LogP contribution in [0.2, 0.25) is 0 Å². The van der Waals surface area contributed by atoms with E-state index in [1.807, 2.05) is 30.5 Å². The van der Waals surface area contributed by atoms with Gasteiger partial charge in [0.2, 0.25) is 0 Å². The SMILES string of the molecule is CC(C)NC(=O)c1nc(C(=O)NCc2cccnc2)c2n1CCCC2. The number of carbonyl (C=O) groups excluding carboxylic acids is 2. The second-order valence-corrected chi connectivity index (χ2v) is 6.51. The maximum absolute atomic E-state index is 12.6. The van der Waals surface area contributed by atoms with Crippen molar-refractivity contribution in [3.63, 3.8) is 0 Å². The second kappa shape index (κ2) is 7.46. The number of hydrogen-bond donors (Lipinski definition) is 2. The minimum atomic E-state index is -0.252. The summed E-state index contributed by atoms with van der Waals surface area (Å²) in [6.07, 6.45) is 6.15. The fourth-order valence-corrected chi connectivity index (χ4v) is 2.99. The summed E-state index contributed by atoms with van der Waals surface area (Å²) in [5.74, 6) is -0.155. The number of rotatable bonds is 5. The minimum absolute atomic E-state index is 0.0203. The topological polar surface area (TPSA) is 88.9 Å². The van der Waals surface area contributed by atoms with Crippen LogP contribution in [0.25, 0.3) is 0 Å². The number of nitrogens with zero attached hydrogens (tertiary/aromatic N) is 3. The molecule has 25 heavy (non-hydrogen) atoms. The number of aromatic nitrogens is 3. The standard InChI is InChI=1S/C18H23N5O2/c1-12(2)21-18(25)16-22-15(14-7-3-4-9-23(14)16)17(24)20-11-13-6-5-8-19-10-13/h5-6,8,10,12H,3-4,7,9,11H2,1-2H3,(H,20,24)(H,21,25). The summed E-state index contributed by atoms with van der Waals surface area (Å²) in [7, 11) is 0. The van der Waals surface area contributed by atoms with Gasteiger partial charge in [0.05, 0.1) is 5.69 Å². The Morgan fingerprint density at radius 2 is 2.12 bits per heavy atom. The van der Waals surface area contributed by atoms with Crippen LogP contribution < -0.4 is 10.6 Å². The first-order valence-corrected chi connectivity index (χ1v) is 8.63. The van der Waals surface area contributed by atoms with Gasteiger partial charge in [-0.3, -0.25) is 14.6 Å². The molecule has 1 aliphatic rings. The summed E-state index contributed by atoms with van der Waals surface area (Å²) in [5, 5.41) is 5.73. The molecule has 132 valence electrons. The monoisotopic (exact) mass is 341 g/mol. The molecule has 3 heterocycles. The van der Waals surface area contributed by atoms with E-state index in [2.05, 4.69) is 20.6 Å². The molecule has 0 aliphatic carbocycles. The van der Waals surface area contributed by atoms with Crippen molar-refractivity contribution in [1.82, 2.24) is 25.2 Å². The van der Waals surface area contributed by atoms with Crippen molar-refractivity contribution in [2.75, 3.05) is 0 Å². The zero-order valence-corrected chi connectivity index (χ0v) is 14.6. The first kappa shape index (κ1) is 17.1. The third kappa shape index (κ3) is 3.87. The Bertz CT molecular complexity index is 767.